The maximum Gasteiger partial charge on any atom is 0.417 e. The highest BCUT2D eigenvalue weighted by atomic mass is 35.5. The molecule has 0 spiro atoms. The van der Waals surface area contributed by atoms with Gasteiger partial charge in [0.1, 0.15) is 16.7 Å². The zero-order valence-corrected chi connectivity index (χ0v) is 19.5. The number of amides is 1. The van der Waals surface area contributed by atoms with Crippen LogP contribution in [0.2, 0.25) is 5.02 Å². The van der Waals surface area contributed by atoms with Crippen molar-refractivity contribution in [2.24, 2.45) is 5.92 Å². The van der Waals surface area contributed by atoms with Crippen molar-refractivity contribution >= 4 is 17.5 Å². The molecule has 2 heterocycles. The number of benzene rings is 1. The van der Waals surface area contributed by atoms with E-state index in [4.69, 9.17) is 21.1 Å². The number of nitrogens with one attached hydrogen (secondary N) is 2. The van der Waals surface area contributed by atoms with Crippen LogP contribution in [-0.4, -0.2) is 36.8 Å². The van der Waals surface area contributed by atoms with Gasteiger partial charge in [0.25, 0.3) is 5.91 Å². The molecule has 4 atom stereocenters. The molecule has 1 aromatic heterocycles. The molecule has 2 aromatic rings. The number of carbonyl (C=O) groups excluding carboxylic acids is 1. The molecule has 34 heavy (non-hydrogen) atoms. The average Bonchev–Trinajstić information content (AvgIpc) is 3.04. The first-order chi connectivity index (χ1) is 15.7. The highest BCUT2D eigenvalue weighted by molar-refractivity contribution is 6.31. The molecule has 1 fully saturated rings. The van der Waals surface area contributed by atoms with Crippen LogP contribution in [0.4, 0.5) is 22.0 Å². The second-order valence-electron chi connectivity index (χ2n) is 8.20. The Balaban J connectivity index is 2.39. The van der Waals surface area contributed by atoms with Gasteiger partial charge in [-0.25, -0.2) is 4.39 Å². The predicted molar refractivity (Wildman–Crippen MR) is 113 cm³/mol. The zero-order chi connectivity index (χ0) is 25.7. The second kappa shape index (κ2) is 8.84. The third kappa shape index (κ3) is 3.84. The first-order valence-corrected chi connectivity index (χ1v) is 10.5. The van der Waals surface area contributed by atoms with Crippen LogP contribution in [0.1, 0.15) is 53.2 Å². The van der Waals surface area contributed by atoms with E-state index in [9.17, 15) is 31.5 Å². The lowest BCUT2D eigenvalue weighted by molar-refractivity contribution is -0.275. The minimum atomic E-state index is -4.89. The van der Waals surface area contributed by atoms with Crippen molar-refractivity contribution < 1.29 is 36.2 Å². The van der Waals surface area contributed by atoms with E-state index in [1.54, 1.807) is 0 Å². The second-order valence-corrected chi connectivity index (χ2v) is 8.58. The smallest absolute Gasteiger partial charge is 0.417 e. The topological polar surface area (TPSA) is 80.4 Å². The first kappa shape index (κ1) is 26.0. The van der Waals surface area contributed by atoms with Crippen LogP contribution in [0.5, 0.6) is 5.75 Å². The molecule has 0 radical (unpaired) electrons. The predicted octanol–water partition coefficient (Wildman–Crippen LogP) is 4.80. The van der Waals surface area contributed by atoms with Crippen LogP contribution >= 0.6 is 11.6 Å². The molecule has 12 heteroatoms. The summed E-state index contributed by atoms with van der Waals surface area (Å²) in [5.74, 6) is -6.86. The molecule has 1 aliphatic heterocycles. The SMILES string of the molecule is CNC(=O)c1c([C@@H]2O[C@@](C)(C(F)(F)F)[C@@H](C)[C@H]2c2ccc(F)c(F)c2OC)[nH]c(C)c(Cl)c1=O. The molecule has 1 amide bonds. The number of methoxy groups -OCH3 is 1. The van der Waals surface area contributed by atoms with Crippen molar-refractivity contribution in [3.63, 3.8) is 0 Å². The molecule has 3 rings (SSSR count). The largest absolute Gasteiger partial charge is 0.493 e. The van der Waals surface area contributed by atoms with Crippen LogP contribution < -0.4 is 15.5 Å². The third-order valence-electron chi connectivity index (χ3n) is 6.40. The van der Waals surface area contributed by atoms with Gasteiger partial charge in [-0.1, -0.05) is 24.6 Å². The fraction of sp³-hybridized carbons (Fsp3) is 0.455. The fourth-order valence-corrected chi connectivity index (χ4v) is 4.49. The van der Waals surface area contributed by atoms with Crippen LogP contribution in [0.25, 0.3) is 0 Å². The third-order valence-corrected chi connectivity index (χ3v) is 6.85. The standard InChI is InChI=1S/C22H22ClF5N2O4/c1-8-12(10-6-7-11(24)15(25)18(10)33-5)19(34-21(8,3)22(26,27)28)16-13(20(32)29-4)17(31)14(23)9(2)30-16/h6-8,12,19H,1-5H3,(H,29,32)(H,30,31)/t8-,12-,19+,21+/m0/s1. The van der Waals surface area contributed by atoms with Crippen molar-refractivity contribution in [1.82, 2.24) is 10.3 Å². The summed E-state index contributed by atoms with van der Waals surface area (Å²) in [7, 11) is 2.27. The Morgan fingerprint density at radius 2 is 1.91 bits per heavy atom. The van der Waals surface area contributed by atoms with Crippen molar-refractivity contribution in [3.05, 3.63) is 61.5 Å². The number of rotatable bonds is 4. The number of halogens is 6. The van der Waals surface area contributed by atoms with E-state index in [1.165, 1.54) is 20.9 Å². The van der Waals surface area contributed by atoms with E-state index >= 15 is 0 Å². The Morgan fingerprint density at radius 3 is 2.44 bits per heavy atom. The number of hydrogen-bond acceptors (Lipinski definition) is 4. The summed E-state index contributed by atoms with van der Waals surface area (Å²) in [6, 6.07) is 1.85. The van der Waals surface area contributed by atoms with E-state index < -0.39 is 64.0 Å². The van der Waals surface area contributed by atoms with Gasteiger partial charge >= 0.3 is 6.18 Å². The van der Waals surface area contributed by atoms with Gasteiger partial charge in [0.2, 0.25) is 11.2 Å². The number of aryl methyl sites for hydroxylation is 1. The number of ether oxygens (including phenoxy) is 2. The Labute approximate surface area is 196 Å². The van der Waals surface area contributed by atoms with Gasteiger partial charge in [-0.05, 0) is 19.9 Å². The fourth-order valence-electron chi connectivity index (χ4n) is 4.35. The normalized spacial score (nSPS) is 24.9. The Kier molecular flexibility index (Phi) is 6.75. The molecular formula is C22H22ClF5N2O4. The van der Waals surface area contributed by atoms with Gasteiger partial charge in [-0.15, -0.1) is 0 Å². The van der Waals surface area contributed by atoms with E-state index in [1.807, 2.05) is 0 Å². The van der Waals surface area contributed by atoms with Gasteiger partial charge < -0.3 is 19.8 Å². The number of hydrogen-bond donors (Lipinski definition) is 2. The molecule has 0 saturated carbocycles. The number of alkyl halides is 3. The summed E-state index contributed by atoms with van der Waals surface area (Å²) in [4.78, 5) is 28.1. The van der Waals surface area contributed by atoms with Gasteiger partial charge in [-0.2, -0.15) is 17.6 Å². The van der Waals surface area contributed by atoms with Crippen LogP contribution in [0.15, 0.2) is 16.9 Å². The lowest BCUT2D eigenvalue weighted by Crippen LogP contribution is -2.46. The molecule has 1 aromatic carbocycles. The van der Waals surface area contributed by atoms with Crippen LogP contribution in [-0.2, 0) is 4.74 Å². The zero-order valence-electron chi connectivity index (χ0n) is 18.8. The van der Waals surface area contributed by atoms with Gasteiger partial charge in [-0.3, -0.25) is 9.59 Å². The van der Waals surface area contributed by atoms with Gasteiger partial charge in [0.05, 0.1) is 12.8 Å². The van der Waals surface area contributed by atoms with Gasteiger partial charge in [0, 0.05) is 30.1 Å². The summed E-state index contributed by atoms with van der Waals surface area (Å²) in [5, 5.41) is 1.93. The van der Waals surface area contributed by atoms with Crippen LogP contribution in [0.3, 0.4) is 0 Å². The van der Waals surface area contributed by atoms with Crippen molar-refractivity contribution in [1.29, 1.82) is 0 Å². The van der Waals surface area contributed by atoms with E-state index in [2.05, 4.69) is 10.3 Å². The number of aromatic nitrogens is 1. The van der Waals surface area contributed by atoms with Crippen LogP contribution in [0, 0.1) is 24.5 Å². The average molecular weight is 509 g/mol. The maximum atomic E-state index is 14.5. The molecule has 186 valence electrons. The Hall–Kier alpha value is -2.66. The maximum absolute atomic E-state index is 14.5. The molecule has 6 nitrogen and oxygen atoms in total. The summed E-state index contributed by atoms with van der Waals surface area (Å²) in [6.45, 7) is 3.45. The van der Waals surface area contributed by atoms with Crippen molar-refractivity contribution in [3.8, 4) is 5.75 Å². The highest BCUT2D eigenvalue weighted by Gasteiger charge is 2.65. The molecular weight excluding hydrogens is 487 g/mol. The quantitative estimate of drug-likeness (QED) is 0.582. The van der Waals surface area contributed by atoms with Crippen molar-refractivity contribution in [2.75, 3.05) is 14.2 Å². The molecule has 1 aliphatic rings. The summed E-state index contributed by atoms with van der Waals surface area (Å²) < 4.78 is 81.5. The number of aromatic amines is 1. The minimum Gasteiger partial charge on any atom is -0.493 e. The lowest BCUT2D eigenvalue weighted by Gasteiger charge is -2.32. The number of H-pyrrole nitrogens is 1. The monoisotopic (exact) mass is 508 g/mol. The highest BCUT2D eigenvalue weighted by Crippen LogP contribution is 2.59. The van der Waals surface area contributed by atoms with E-state index in [0.717, 1.165) is 26.2 Å². The van der Waals surface area contributed by atoms with E-state index in [0.29, 0.717) is 0 Å². The molecule has 1 saturated heterocycles. The number of pyridine rings is 1. The molecule has 0 aliphatic carbocycles. The van der Waals surface area contributed by atoms with Gasteiger partial charge in [0.15, 0.2) is 17.2 Å². The minimum absolute atomic E-state index is 0.0854. The summed E-state index contributed by atoms with van der Waals surface area (Å²) in [6.07, 6.45) is -6.49. The molecule has 0 unspecified atom stereocenters. The molecule has 0 bridgehead atoms. The Bertz CT molecular complexity index is 1200. The summed E-state index contributed by atoms with van der Waals surface area (Å²) >= 11 is 6.00. The Morgan fingerprint density at radius 1 is 1.29 bits per heavy atom. The molecule has 2 N–H and O–H groups in total. The lowest BCUT2D eigenvalue weighted by atomic mass is 9.76. The first-order valence-electron chi connectivity index (χ1n) is 10.1. The van der Waals surface area contributed by atoms with E-state index in [-0.39, 0.29) is 22.0 Å². The summed E-state index contributed by atoms with van der Waals surface area (Å²) in [5.41, 5.74) is -4.55. The number of carbonyl (C=O) groups is 1. The van der Waals surface area contributed by atoms with Crippen molar-refractivity contribution in [2.45, 2.75) is 44.6 Å².